The Labute approximate surface area is 130 Å². The van der Waals surface area contributed by atoms with Gasteiger partial charge < -0.3 is 14.4 Å². The zero-order valence-electron chi connectivity index (χ0n) is 12.4. The van der Waals surface area contributed by atoms with Crippen molar-refractivity contribution in [1.82, 2.24) is 5.32 Å². The van der Waals surface area contributed by atoms with Gasteiger partial charge in [0, 0.05) is 5.56 Å². The van der Waals surface area contributed by atoms with Crippen LogP contribution in [0.5, 0.6) is 0 Å². The van der Waals surface area contributed by atoms with E-state index in [-0.39, 0.29) is 18.8 Å². The van der Waals surface area contributed by atoms with E-state index in [2.05, 4.69) is 9.05 Å². The molecule has 1 aromatic carbocycles. The molecule has 0 saturated heterocycles. The van der Waals surface area contributed by atoms with Crippen molar-refractivity contribution < 1.29 is 36.0 Å². The van der Waals surface area contributed by atoms with Gasteiger partial charge in [-0.15, -0.1) is 0 Å². The lowest BCUT2D eigenvalue weighted by atomic mass is 10.2. The first-order chi connectivity index (χ1) is 10.6. The molecule has 1 N–H and O–H groups in total. The summed E-state index contributed by atoms with van der Waals surface area (Å²) < 4.78 is 74.0. The van der Waals surface area contributed by atoms with Crippen molar-refractivity contribution in [2.24, 2.45) is 0 Å². The number of benzene rings is 1. The van der Waals surface area contributed by atoms with Crippen LogP contribution in [0.25, 0.3) is 0 Å². The molecule has 0 aromatic heterocycles. The molecule has 0 bridgehead atoms. The van der Waals surface area contributed by atoms with Gasteiger partial charge >= 0.3 is 13.8 Å². The summed E-state index contributed by atoms with van der Waals surface area (Å²) in [6.07, 6.45) is -5.06. The Bertz CT molecular complexity index is 566. The van der Waals surface area contributed by atoms with Crippen LogP contribution in [0.2, 0.25) is 0 Å². The van der Waals surface area contributed by atoms with Crippen molar-refractivity contribution >= 4 is 13.5 Å². The summed E-state index contributed by atoms with van der Waals surface area (Å²) >= 11 is 0. The van der Waals surface area contributed by atoms with Crippen molar-refractivity contribution in [2.45, 2.75) is 25.8 Å². The number of carbonyl (C=O) groups is 1. The molecule has 5 nitrogen and oxygen atoms in total. The topological polar surface area (TPSA) is 64.6 Å². The lowest BCUT2D eigenvalue weighted by molar-refractivity contribution is -0.139. The van der Waals surface area contributed by atoms with Crippen LogP contribution in [-0.2, 0) is 13.6 Å². The van der Waals surface area contributed by atoms with E-state index in [4.69, 9.17) is 0 Å². The van der Waals surface area contributed by atoms with Crippen LogP contribution in [0.1, 0.15) is 24.2 Å². The van der Waals surface area contributed by atoms with E-state index in [0.717, 1.165) is 24.3 Å². The fourth-order valence-corrected chi connectivity index (χ4v) is 3.42. The van der Waals surface area contributed by atoms with Crippen LogP contribution in [-0.4, -0.2) is 31.1 Å². The first-order valence-corrected chi connectivity index (χ1v) is 8.27. The smallest absolute Gasteiger partial charge is 0.330 e. The molecule has 0 spiro atoms. The Morgan fingerprint density at radius 1 is 1.17 bits per heavy atom. The predicted molar refractivity (Wildman–Crippen MR) is 74.6 cm³/mol. The molecule has 1 rings (SSSR count). The molecule has 0 saturated carbocycles. The van der Waals surface area contributed by atoms with E-state index >= 15 is 0 Å². The highest BCUT2D eigenvalue weighted by atomic mass is 31.2. The average molecular weight is 357 g/mol. The minimum absolute atomic E-state index is 0.222. The molecule has 10 heteroatoms. The molecule has 1 aromatic rings. The van der Waals surface area contributed by atoms with E-state index in [0.29, 0.717) is 0 Å². The number of carbonyl (C=O) groups excluding carboxylic acids is 1. The third-order valence-corrected chi connectivity index (χ3v) is 4.91. The minimum Gasteiger partial charge on any atom is -0.330 e. The van der Waals surface area contributed by atoms with Crippen LogP contribution in [0.15, 0.2) is 24.3 Å². The van der Waals surface area contributed by atoms with E-state index in [9.17, 15) is 26.9 Å². The third-order valence-electron chi connectivity index (χ3n) is 2.62. The van der Waals surface area contributed by atoms with Crippen LogP contribution >= 0.6 is 7.60 Å². The molecule has 0 aliphatic heterocycles. The van der Waals surface area contributed by atoms with Gasteiger partial charge in [-0.1, -0.05) is 0 Å². The SMILES string of the molecule is CCOP(=O)(OCC)[C@H](NC(=O)c1ccc(F)cc1)C(F)(F)F. The minimum atomic E-state index is -5.06. The maximum atomic E-state index is 13.2. The Morgan fingerprint density at radius 2 is 1.65 bits per heavy atom. The molecular weight excluding hydrogens is 341 g/mol. The van der Waals surface area contributed by atoms with Gasteiger partial charge in [0.05, 0.1) is 13.2 Å². The van der Waals surface area contributed by atoms with Crippen LogP contribution in [0, 0.1) is 5.82 Å². The number of hydrogen-bond donors (Lipinski definition) is 1. The highest BCUT2D eigenvalue weighted by Gasteiger charge is 2.54. The zero-order chi connectivity index (χ0) is 17.7. The Balaban J connectivity index is 3.09. The number of alkyl halides is 3. The van der Waals surface area contributed by atoms with Gasteiger partial charge in [-0.3, -0.25) is 9.36 Å². The summed E-state index contributed by atoms with van der Waals surface area (Å²) in [4.78, 5) is 11.9. The van der Waals surface area contributed by atoms with Crippen molar-refractivity contribution in [1.29, 1.82) is 0 Å². The number of halogens is 4. The summed E-state index contributed by atoms with van der Waals surface area (Å²) in [7, 11) is -4.67. The second-order valence-corrected chi connectivity index (χ2v) is 6.41. The van der Waals surface area contributed by atoms with E-state index in [1.165, 1.54) is 13.8 Å². The van der Waals surface area contributed by atoms with E-state index < -0.39 is 31.3 Å². The summed E-state index contributed by atoms with van der Waals surface area (Å²) in [6, 6.07) is 3.85. The van der Waals surface area contributed by atoms with Crippen molar-refractivity contribution in [2.75, 3.05) is 13.2 Å². The molecule has 0 unspecified atom stereocenters. The average Bonchev–Trinajstić information content (AvgIpc) is 2.44. The highest BCUT2D eigenvalue weighted by molar-refractivity contribution is 7.54. The van der Waals surface area contributed by atoms with Gasteiger partial charge in [0.1, 0.15) is 5.82 Å². The van der Waals surface area contributed by atoms with E-state index in [1.54, 1.807) is 5.32 Å². The van der Waals surface area contributed by atoms with Gasteiger partial charge in [0.25, 0.3) is 5.91 Å². The normalized spacial score (nSPS) is 13.7. The molecule has 0 aliphatic carbocycles. The molecule has 1 amide bonds. The third kappa shape index (κ3) is 5.30. The fraction of sp³-hybridized carbons (Fsp3) is 0.462. The maximum absolute atomic E-state index is 13.2. The highest BCUT2D eigenvalue weighted by Crippen LogP contribution is 2.56. The first-order valence-electron chi connectivity index (χ1n) is 6.66. The van der Waals surface area contributed by atoms with Crippen molar-refractivity contribution in [3.63, 3.8) is 0 Å². The standard InChI is InChI=1S/C13H16F4NO4P/c1-3-21-23(20,22-4-2)12(13(15,16)17)18-11(19)9-5-7-10(14)8-6-9/h5-8,12H,3-4H2,1-2H3,(H,18,19)/t12-/m0/s1. The number of hydrogen-bond acceptors (Lipinski definition) is 4. The lowest BCUT2D eigenvalue weighted by Crippen LogP contribution is -2.46. The number of rotatable bonds is 7. The van der Waals surface area contributed by atoms with Crippen molar-refractivity contribution in [3.05, 3.63) is 35.6 Å². The summed E-state index contributed by atoms with van der Waals surface area (Å²) in [5, 5.41) is 1.60. The van der Waals surface area contributed by atoms with Crippen LogP contribution in [0.3, 0.4) is 0 Å². The Hall–Kier alpha value is -1.44. The predicted octanol–water partition coefficient (Wildman–Crippen LogP) is 3.71. The van der Waals surface area contributed by atoms with Crippen molar-refractivity contribution in [3.8, 4) is 0 Å². The maximum Gasteiger partial charge on any atom is 0.420 e. The molecule has 0 fully saturated rings. The van der Waals surface area contributed by atoms with Gasteiger partial charge in [-0.2, -0.15) is 13.2 Å². The van der Waals surface area contributed by atoms with Gasteiger partial charge in [-0.25, -0.2) is 4.39 Å². The zero-order valence-corrected chi connectivity index (χ0v) is 13.3. The quantitative estimate of drug-likeness (QED) is 0.597. The summed E-state index contributed by atoms with van der Waals surface area (Å²) in [5.74, 6) is -4.65. The first kappa shape index (κ1) is 19.6. The van der Waals surface area contributed by atoms with Crippen LogP contribution < -0.4 is 5.32 Å². The molecular formula is C13H16F4NO4P. The second-order valence-electron chi connectivity index (χ2n) is 4.30. The molecule has 1 atom stereocenters. The molecule has 23 heavy (non-hydrogen) atoms. The Kier molecular flexibility index (Phi) is 6.73. The molecule has 0 heterocycles. The largest absolute Gasteiger partial charge is 0.420 e. The lowest BCUT2D eigenvalue weighted by Gasteiger charge is -2.28. The number of nitrogens with one attached hydrogen (secondary N) is 1. The van der Waals surface area contributed by atoms with Gasteiger partial charge in [0.2, 0.25) is 5.78 Å². The monoisotopic (exact) mass is 357 g/mol. The summed E-state index contributed by atoms with van der Waals surface area (Å²) in [6.45, 7) is 2.11. The number of amides is 1. The Morgan fingerprint density at radius 3 is 2.04 bits per heavy atom. The van der Waals surface area contributed by atoms with Crippen LogP contribution in [0.4, 0.5) is 17.6 Å². The molecule has 130 valence electrons. The molecule has 0 aliphatic rings. The summed E-state index contributed by atoms with van der Waals surface area (Å²) in [5.41, 5.74) is -0.222. The van der Waals surface area contributed by atoms with Gasteiger partial charge in [-0.05, 0) is 38.1 Å². The van der Waals surface area contributed by atoms with E-state index in [1.807, 2.05) is 0 Å². The fourth-order valence-electron chi connectivity index (χ4n) is 1.70. The van der Waals surface area contributed by atoms with Gasteiger partial charge in [0.15, 0.2) is 0 Å². The second kappa shape index (κ2) is 7.90. The molecule has 0 radical (unpaired) electrons.